The smallest absolute Gasteiger partial charge is 0.271 e. The number of nitrogens with one attached hydrogen (secondary N) is 3. The van der Waals surface area contributed by atoms with E-state index in [0.717, 1.165) is 28.4 Å². The second-order valence-corrected chi connectivity index (χ2v) is 5.59. The molecule has 4 aromatic rings. The average molecular weight is 316 g/mol. The predicted octanol–water partition coefficient (Wildman–Crippen LogP) is 1.43. The number of H-pyrrole nitrogens is 3. The van der Waals surface area contributed by atoms with Crippen molar-refractivity contribution in [2.75, 3.05) is 0 Å². The summed E-state index contributed by atoms with van der Waals surface area (Å²) in [6.45, 7) is 0. The maximum absolute atomic E-state index is 12.1. The third-order valence-corrected chi connectivity index (χ3v) is 4.01. The maximum Gasteiger partial charge on any atom is 0.271 e. The molecule has 0 radical (unpaired) electrons. The molecule has 0 amide bonds. The van der Waals surface area contributed by atoms with Crippen molar-refractivity contribution in [3.8, 4) is 0 Å². The van der Waals surface area contributed by atoms with Gasteiger partial charge in [-0.15, -0.1) is 0 Å². The lowest BCUT2D eigenvalue weighted by molar-refractivity contribution is 1.03. The summed E-state index contributed by atoms with van der Waals surface area (Å²) in [5, 5.41) is 8.03. The van der Waals surface area contributed by atoms with Crippen LogP contribution >= 0.6 is 0 Å². The summed E-state index contributed by atoms with van der Waals surface area (Å²) in [7, 11) is 0. The molecule has 0 fully saturated rings. The van der Waals surface area contributed by atoms with Gasteiger partial charge in [0.1, 0.15) is 5.65 Å². The van der Waals surface area contributed by atoms with Gasteiger partial charge in [-0.1, -0.05) is 36.4 Å². The number of aromatic amines is 3. The molecule has 3 heterocycles. The number of hydrogen-bond donors (Lipinski definition) is 3. The lowest BCUT2D eigenvalue weighted by Gasteiger charge is -1.93. The van der Waals surface area contributed by atoms with Crippen molar-refractivity contribution in [1.82, 2.24) is 20.2 Å². The van der Waals surface area contributed by atoms with Gasteiger partial charge in [0, 0.05) is 23.3 Å². The van der Waals surface area contributed by atoms with Crippen LogP contribution in [0.15, 0.2) is 59.7 Å². The quantitative estimate of drug-likeness (QED) is 0.535. The summed E-state index contributed by atoms with van der Waals surface area (Å²) in [4.78, 5) is 19.5. The van der Waals surface area contributed by atoms with Crippen molar-refractivity contribution in [1.29, 1.82) is 0 Å². The van der Waals surface area contributed by atoms with Crippen molar-refractivity contribution in [3.63, 3.8) is 0 Å². The van der Waals surface area contributed by atoms with E-state index in [1.807, 2.05) is 48.7 Å². The number of hydrogen-bond acceptors (Lipinski definition) is 2. The first kappa shape index (κ1) is 14.3. The lowest BCUT2D eigenvalue weighted by atomic mass is 10.1. The van der Waals surface area contributed by atoms with Gasteiger partial charge in [-0.05, 0) is 30.2 Å². The van der Waals surface area contributed by atoms with Crippen molar-refractivity contribution < 1.29 is 0 Å². The van der Waals surface area contributed by atoms with Crippen LogP contribution in [0.25, 0.3) is 23.2 Å². The van der Waals surface area contributed by atoms with Crippen molar-refractivity contribution in [2.45, 2.75) is 6.42 Å². The number of benzene rings is 1. The van der Waals surface area contributed by atoms with E-state index >= 15 is 0 Å². The molecule has 1 aromatic carbocycles. The topological polar surface area (TPSA) is 77.3 Å². The molecule has 118 valence electrons. The number of nitrogens with zero attached hydrogens (tertiary/aromatic N) is 1. The SMILES string of the molecule is O=c1[nH][nH]c(=CCc2ccccc2)c1=Cc1c[nH]c2ncccc12. The second-order valence-electron chi connectivity index (χ2n) is 5.59. The summed E-state index contributed by atoms with van der Waals surface area (Å²) >= 11 is 0. The number of aromatic nitrogens is 4. The van der Waals surface area contributed by atoms with Gasteiger partial charge in [0.15, 0.2) is 0 Å². The van der Waals surface area contributed by atoms with Gasteiger partial charge in [0.25, 0.3) is 5.56 Å². The molecular formula is C19H16N4O. The molecule has 0 aliphatic rings. The highest BCUT2D eigenvalue weighted by Crippen LogP contribution is 2.15. The highest BCUT2D eigenvalue weighted by Gasteiger charge is 2.02. The first-order chi connectivity index (χ1) is 11.8. The Balaban J connectivity index is 1.81. The molecule has 24 heavy (non-hydrogen) atoms. The molecule has 0 bridgehead atoms. The first-order valence-corrected chi connectivity index (χ1v) is 7.76. The van der Waals surface area contributed by atoms with E-state index < -0.39 is 0 Å². The Morgan fingerprint density at radius 1 is 1.04 bits per heavy atom. The third-order valence-electron chi connectivity index (χ3n) is 4.01. The zero-order valence-electron chi connectivity index (χ0n) is 12.9. The van der Waals surface area contributed by atoms with Gasteiger partial charge in [0.2, 0.25) is 0 Å². The molecule has 0 saturated carbocycles. The molecule has 3 aromatic heterocycles. The number of rotatable bonds is 3. The molecule has 0 aliphatic heterocycles. The molecular weight excluding hydrogens is 300 g/mol. The Kier molecular flexibility index (Phi) is 3.59. The van der Waals surface area contributed by atoms with Crippen LogP contribution in [0.3, 0.4) is 0 Å². The Labute approximate surface area is 137 Å². The van der Waals surface area contributed by atoms with E-state index in [0.29, 0.717) is 5.22 Å². The van der Waals surface area contributed by atoms with E-state index in [2.05, 4.69) is 32.3 Å². The lowest BCUT2D eigenvalue weighted by Crippen LogP contribution is -2.33. The van der Waals surface area contributed by atoms with E-state index in [4.69, 9.17) is 0 Å². The van der Waals surface area contributed by atoms with Crippen LogP contribution in [-0.4, -0.2) is 20.2 Å². The summed E-state index contributed by atoms with van der Waals surface area (Å²) in [6.07, 6.45) is 8.26. The van der Waals surface area contributed by atoms with Crippen LogP contribution in [0, 0.1) is 0 Å². The van der Waals surface area contributed by atoms with Crippen LogP contribution < -0.4 is 16.1 Å². The minimum atomic E-state index is -0.132. The van der Waals surface area contributed by atoms with Gasteiger partial charge in [-0.25, -0.2) is 4.98 Å². The zero-order chi connectivity index (χ0) is 16.4. The molecule has 0 unspecified atom stereocenters. The maximum atomic E-state index is 12.1. The molecule has 0 aliphatic carbocycles. The largest absolute Gasteiger partial charge is 0.346 e. The van der Waals surface area contributed by atoms with Gasteiger partial charge < -0.3 is 4.98 Å². The fourth-order valence-corrected chi connectivity index (χ4v) is 2.77. The summed E-state index contributed by atoms with van der Waals surface area (Å²) in [5.41, 5.74) is 2.82. The average Bonchev–Trinajstić information content (AvgIpc) is 3.19. The molecule has 0 saturated heterocycles. The first-order valence-electron chi connectivity index (χ1n) is 7.76. The van der Waals surface area contributed by atoms with E-state index in [9.17, 15) is 4.79 Å². The highest BCUT2D eigenvalue weighted by molar-refractivity contribution is 5.85. The van der Waals surface area contributed by atoms with Crippen LogP contribution in [-0.2, 0) is 6.42 Å². The molecule has 3 N–H and O–H groups in total. The van der Waals surface area contributed by atoms with Crippen molar-refractivity contribution in [2.24, 2.45) is 0 Å². The Bertz CT molecular complexity index is 1150. The predicted molar refractivity (Wildman–Crippen MR) is 94.9 cm³/mol. The third kappa shape index (κ3) is 2.67. The Morgan fingerprint density at radius 3 is 2.79 bits per heavy atom. The minimum Gasteiger partial charge on any atom is -0.346 e. The molecule has 5 nitrogen and oxygen atoms in total. The molecule has 0 spiro atoms. The van der Waals surface area contributed by atoms with Gasteiger partial charge >= 0.3 is 0 Å². The summed E-state index contributed by atoms with van der Waals surface area (Å²) in [6, 6.07) is 14.0. The molecule has 5 heteroatoms. The standard InChI is InChI=1S/C19H16N4O/c24-19-16(11-14-12-21-18-15(14)7-4-10-20-18)17(22-23-19)9-8-13-5-2-1-3-6-13/h1-7,9-12,22H,8H2,(H,20,21)(H,23,24). The normalized spacial score (nSPS) is 13.0. The number of fused-ring (bicyclic) bond motifs is 1. The van der Waals surface area contributed by atoms with Crippen molar-refractivity contribution in [3.05, 3.63) is 86.9 Å². The van der Waals surface area contributed by atoms with Gasteiger partial charge in [0.05, 0.1) is 10.6 Å². The van der Waals surface area contributed by atoms with Crippen LogP contribution in [0.4, 0.5) is 0 Å². The van der Waals surface area contributed by atoms with E-state index in [1.165, 1.54) is 5.56 Å². The molecule has 4 rings (SSSR count). The Hall–Kier alpha value is -3.34. The minimum absolute atomic E-state index is 0.132. The zero-order valence-corrected chi connectivity index (χ0v) is 12.9. The fraction of sp³-hybridized carbons (Fsp3) is 0.0526. The fourth-order valence-electron chi connectivity index (χ4n) is 2.77. The van der Waals surface area contributed by atoms with Crippen LogP contribution in [0.1, 0.15) is 11.1 Å². The van der Waals surface area contributed by atoms with Crippen molar-refractivity contribution >= 4 is 23.2 Å². The number of pyridine rings is 1. The molecule has 0 atom stereocenters. The van der Waals surface area contributed by atoms with Gasteiger partial charge in [-0.3, -0.25) is 15.0 Å². The van der Waals surface area contributed by atoms with E-state index in [1.54, 1.807) is 6.20 Å². The highest BCUT2D eigenvalue weighted by atomic mass is 16.1. The Morgan fingerprint density at radius 2 is 1.92 bits per heavy atom. The van der Waals surface area contributed by atoms with Crippen LogP contribution in [0.2, 0.25) is 0 Å². The van der Waals surface area contributed by atoms with E-state index in [-0.39, 0.29) is 5.56 Å². The summed E-state index contributed by atoms with van der Waals surface area (Å²) in [5.74, 6) is 0. The summed E-state index contributed by atoms with van der Waals surface area (Å²) < 4.78 is 0. The van der Waals surface area contributed by atoms with Gasteiger partial charge in [-0.2, -0.15) is 0 Å². The monoisotopic (exact) mass is 316 g/mol. The second kappa shape index (κ2) is 6.04. The van der Waals surface area contributed by atoms with Crippen LogP contribution in [0.5, 0.6) is 0 Å².